The van der Waals surface area contributed by atoms with Gasteiger partial charge in [-0.05, 0) is 49.9 Å². The van der Waals surface area contributed by atoms with Crippen LogP contribution in [0.3, 0.4) is 0 Å². The van der Waals surface area contributed by atoms with Crippen LogP contribution in [0.4, 0.5) is 11.6 Å². The van der Waals surface area contributed by atoms with E-state index in [0.717, 1.165) is 12.0 Å². The fraction of sp³-hybridized carbons (Fsp3) is 0.346. The Morgan fingerprint density at radius 1 is 1.14 bits per heavy atom. The highest BCUT2D eigenvalue weighted by Gasteiger charge is 2.40. The normalized spacial score (nSPS) is 17.4. The summed E-state index contributed by atoms with van der Waals surface area (Å²) in [5.74, 6) is 0.329. The highest BCUT2D eigenvalue weighted by atomic mass is 32.2. The van der Waals surface area contributed by atoms with Gasteiger partial charge in [-0.15, -0.1) is 0 Å². The van der Waals surface area contributed by atoms with Crippen molar-refractivity contribution >= 4 is 27.4 Å². The molecule has 35 heavy (non-hydrogen) atoms. The molecule has 0 radical (unpaired) electrons. The van der Waals surface area contributed by atoms with E-state index in [4.69, 9.17) is 5.73 Å². The minimum atomic E-state index is -4.15. The van der Waals surface area contributed by atoms with Gasteiger partial charge in [-0.25, -0.2) is 18.4 Å². The number of aromatic nitrogens is 2. The van der Waals surface area contributed by atoms with E-state index in [2.05, 4.69) is 30.7 Å². The molecule has 2 aromatic heterocycles. The number of carbonyl (C=O) groups excluding carboxylic acids is 1. The van der Waals surface area contributed by atoms with Crippen LogP contribution in [0.25, 0.3) is 0 Å². The molecule has 9 heteroatoms. The number of anilines is 2. The molecule has 1 amide bonds. The molecule has 4 rings (SSSR count). The van der Waals surface area contributed by atoms with Crippen LogP contribution in [0, 0.1) is 5.92 Å². The van der Waals surface area contributed by atoms with Crippen molar-refractivity contribution in [2.24, 2.45) is 11.7 Å². The summed E-state index contributed by atoms with van der Waals surface area (Å²) in [6.45, 7) is 7.44. The Bertz CT molecular complexity index is 1340. The van der Waals surface area contributed by atoms with Crippen LogP contribution in [-0.4, -0.2) is 43.4 Å². The topological polar surface area (TPSA) is 109 Å². The summed E-state index contributed by atoms with van der Waals surface area (Å²) < 4.78 is 27.5. The molecule has 0 spiro atoms. The first-order valence-corrected chi connectivity index (χ1v) is 13.0. The SMILES string of the molecule is CC1CN(c2nccc(S(=O)(=O)c3cccc(N(C)Cc4ccccc4)n3)c2C(N)=O)C(C)(C)C1. The average molecular weight is 494 g/mol. The second kappa shape index (κ2) is 9.30. The number of hydrogen-bond donors (Lipinski definition) is 1. The van der Waals surface area contributed by atoms with Gasteiger partial charge in [0.25, 0.3) is 5.91 Å². The maximum Gasteiger partial charge on any atom is 0.253 e. The van der Waals surface area contributed by atoms with E-state index < -0.39 is 15.7 Å². The lowest BCUT2D eigenvalue weighted by Gasteiger charge is -2.33. The van der Waals surface area contributed by atoms with Gasteiger partial charge in [0, 0.05) is 31.9 Å². The van der Waals surface area contributed by atoms with Crippen molar-refractivity contribution in [3.63, 3.8) is 0 Å². The van der Waals surface area contributed by atoms with Gasteiger partial charge >= 0.3 is 0 Å². The number of benzene rings is 1. The van der Waals surface area contributed by atoms with E-state index in [-0.39, 0.29) is 21.0 Å². The second-order valence-electron chi connectivity index (χ2n) is 9.78. The molecule has 0 saturated carbocycles. The molecule has 1 fully saturated rings. The third kappa shape index (κ3) is 4.86. The van der Waals surface area contributed by atoms with Crippen molar-refractivity contribution < 1.29 is 13.2 Å². The summed E-state index contributed by atoms with van der Waals surface area (Å²) in [5.41, 5.74) is 6.43. The van der Waals surface area contributed by atoms with E-state index in [9.17, 15) is 13.2 Å². The van der Waals surface area contributed by atoms with Crippen LogP contribution in [0.5, 0.6) is 0 Å². The molecular weight excluding hydrogens is 462 g/mol. The van der Waals surface area contributed by atoms with Gasteiger partial charge in [-0.1, -0.05) is 43.3 Å². The lowest BCUT2D eigenvalue weighted by Crippen LogP contribution is -2.40. The third-order valence-corrected chi connectivity index (χ3v) is 8.09. The first kappa shape index (κ1) is 24.7. The number of sulfone groups is 1. The zero-order valence-electron chi connectivity index (χ0n) is 20.5. The van der Waals surface area contributed by atoms with Gasteiger partial charge in [0.15, 0.2) is 5.03 Å². The van der Waals surface area contributed by atoms with Gasteiger partial charge in [-0.3, -0.25) is 4.79 Å². The van der Waals surface area contributed by atoms with Crippen molar-refractivity contribution in [3.8, 4) is 0 Å². The summed E-state index contributed by atoms with van der Waals surface area (Å²) in [7, 11) is -2.30. The number of amides is 1. The fourth-order valence-corrected chi connectivity index (χ4v) is 6.27. The Labute approximate surface area is 206 Å². The van der Waals surface area contributed by atoms with Crippen LogP contribution in [0.15, 0.2) is 70.7 Å². The Morgan fingerprint density at radius 3 is 2.49 bits per heavy atom. The molecule has 1 unspecified atom stereocenters. The van der Waals surface area contributed by atoms with Crippen molar-refractivity contribution in [1.82, 2.24) is 9.97 Å². The van der Waals surface area contributed by atoms with Crippen LogP contribution in [0.1, 0.15) is 43.1 Å². The summed E-state index contributed by atoms with van der Waals surface area (Å²) in [6.07, 6.45) is 2.31. The number of nitrogens with two attached hydrogens (primary N) is 1. The first-order valence-electron chi connectivity index (χ1n) is 11.5. The molecule has 8 nitrogen and oxygen atoms in total. The highest BCUT2D eigenvalue weighted by molar-refractivity contribution is 7.91. The second-order valence-corrected chi connectivity index (χ2v) is 11.6. The fourth-order valence-electron chi connectivity index (χ4n) is 4.87. The summed E-state index contributed by atoms with van der Waals surface area (Å²) >= 11 is 0. The molecule has 184 valence electrons. The zero-order valence-corrected chi connectivity index (χ0v) is 21.3. The number of hydrogen-bond acceptors (Lipinski definition) is 7. The minimum Gasteiger partial charge on any atom is -0.365 e. The van der Waals surface area contributed by atoms with E-state index in [1.807, 2.05) is 47.2 Å². The number of nitrogens with zero attached hydrogens (tertiary/aromatic N) is 4. The molecule has 1 aromatic carbocycles. The highest BCUT2D eigenvalue weighted by Crippen LogP contribution is 2.39. The summed E-state index contributed by atoms with van der Waals surface area (Å²) in [4.78, 5) is 25.1. The molecule has 1 saturated heterocycles. The van der Waals surface area contributed by atoms with Crippen LogP contribution >= 0.6 is 0 Å². The quantitative estimate of drug-likeness (QED) is 0.535. The van der Waals surface area contributed by atoms with Gasteiger partial charge < -0.3 is 15.5 Å². The number of pyridine rings is 2. The zero-order chi connectivity index (χ0) is 25.4. The molecule has 3 aromatic rings. The molecule has 0 aliphatic carbocycles. The Hall–Kier alpha value is -3.46. The number of carbonyl (C=O) groups is 1. The van der Waals surface area contributed by atoms with Crippen molar-refractivity contribution in [2.75, 3.05) is 23.4 Å². The lowest BCUT2D eigenvalue weighted by molar-refractivity contribution is 0.0997. The predicted octanol–water partition coefficient (Wildman–Crippen LogP) is 3.67. The monoisotopic (exact) mass is 493 g/mol. The standard InChI is InChI=1S/C26H31N5O3S/c1-18-15-26(2,3)31(16-18)25-23(24(27)32)20(13-14-28-25)35(33,34)22-12-8-11-21(29-22)30(4)17-19-9-6-5-7-10-19/h5-14,18H,15-17H2,1-4H3,(H2,27,32). The summed E-state index contributed by atoms with van der Waals surface area (Å²) in [5, 5.41) is -0.149. The maximum atomic E-state index is 13.7. The molecule has 1 aliphatic rings. The third-order valence-electron chi connectivity index (χ3n) is 6.40. The Balaban J connectivity index is 1.75. The molecule has 1 aliphatic heterocycles. The first-order chi connectivity index (χ1) is 16.5. The van der Waals surface area contributed by atoms with E-state index in [1.165, 1.54) is 18.3 Å². The smallest absolute Gasteiger partial charge is 0.253 e. The Morgan fingerprint density at radius 2 is 1.86 bits per heavy atom. The van der Waals surface area contributed by atoms with Crippen LogP contribution < -0.4 is 15.5 Å². The minimum absolute atomic E-state index is 0.0977. The molecule has 2 N–H and O–H groups in total. The Kier molecular flexibility index (Phi) is 6.55. The van der Waals surface area contributed by atoms with Crippen molar-refractivity contribution in [3.05, 3.63) is 71.9 Å². The lowest BCUT2D eigenvalue weighted by atomic mass is 9.97. The van der Waals surface area contributed by atoms with E-state index >= 15 is 0 Å². The molecule has 1 atom stereocenters. The van der Waals surface area contributed by atoms with E-state index in [0.29, 0.717) is 30.6 Å². The molecule has 3 heterocycles. The van der Waals surface area contributed by atoms with Gasteiger partial charge in [0.05, 0.1) is 4.90 Å². The average Bonchev–Trinajstić information content (AvgIpc) is 3.10. The number of rotatable bonds is 7. The maximum absolute atomic E-state index is 13.7. The van der Waals surface area contributed by atoms with Gasteiger partial charge in [0.1, 0.15) is 17.2 Å². The molecule has 0 bridgehead atoms. The molecular formula is C26H31N5O3S. The van der Waals surface area contributed by atoms with Crippen LogP contribution in [0.2, 0.25) is 0 Å². The van der Waals surface area contributed by atoms with Gasteiger partial charge in [0.2, 0.25) is 9.84 Å². The number of primary amides is 1. The predicted molar refractivity (Wildman–Crippen MR) is 136 cm³/mol. The van der Waals surface area contributed by atoms with Gasteiger partial charge in [-0.2, -0.15) is 0 Å². The van der Waals surface area contributed by atoms with Crippen molar-refractivity contribution in [2.45, 2.75) is 49.2 Å². The van der Waals surface area contributed by atoms with E-state index in [1.54, 1.807) is 12.1 Å². The van der Waals surface area contributed by atoms with Crippen LogP contribution in [-0.2, 0) is 16.4 Å². The summed E-state index contributed by atoms with van der Waals surface area (Å²) in [6, 6.07) is 16.0. The largest absolute Gasteiger partial charge is 0.365 e. The van der Waals surface area contributed by atoms with Crippen molar-refractivity contribution in [1.29, 1.82) is 0 Å².